The van der Waals surface area contributed by atoms with Crippen molar-refractivity contribution in [3.8, 4) is 11.5 Å². The van der Waals surface area contributed by atoms with E-state index < -0.39 is 12.0 Å². The van der Waals surface area contributed by atoms with Gasteiger partial charge in [0.1, 0.15) is 12.6 Å². The van der Waals surface area contributed by atoms with Crippen molar-refractivity contribution >= 4 is 17.6 Å². The quantitative estimate of drug-likeness (QED) is 0.772. The van der Waals surface area contributed by atoms with Crippen molar-refractivity contribution in [2.24, 2.45) is 0 Å². The van der Waals surface area contributed by atoms with Crippen molar-refractivity contribution in [3.63, 3.8) is 0 Å². The molecule has 0 aliphatic carbocycles. The van der Waals surface area contributed by atoms with E-state index in [0.29, 0.717) is 29.7 Å². The summed E-state index contributed by atoms with van der Waals surface area (Å²) < 4.78 is 11.2. The molecule has 1 atom stereocenters. The molecule has 0 amide bonds. The molecule has 0 heterocycles. The molecule has 25 heavy (non-hydrogen) atoms. The lowest BCUT2D eigenvalue weighted by Gasteiger charge is -2.21. The van der Waals surface area contributed by atoms with E-state index in [-0.39, 0.29) is 0 Å². The largest absolute Gasteiger partial charge is 0.493 e. The van der Waals surface area contributed by atoms with Gasteiger partial charge in [-0.05, 0) is 49.4 Å². The fourth-order valence-corrected chi connectivity index (χ4v) is 2.41. The number of halogens is 1. The molecule has 1 unspecified atom stereocenters. The number of ether oxygens (including phenoxy) is 2. The summed E-state index contributed by atoms with van der Waals surface area (Å²) in [5.74, 6) is 0.398. The molecule has 2 aromatic rings. The number of rotatable bonds is 8. The summed E-state index contributed by atoms with van der Waals surface area (Å²) in [6.45, 7) is 2.56. The highest BCUT2D eigenvalue weighted by Crippen LogP contribution is 2.29. The van der Waals surface area contributed by atoms with Crippen LogP contribution in [0.25, 0.3) is 0 Å². The van der Waals surface area contributed by atoms with Gasteiger partial charge in [0.2, 0.25) is 0 Å². The number of aliphatic carboxylic acids is 1. The minimum absolute atomic E-state index is 0.406. The molecule has 0 saturated heterocycles. The molecule has 0 aliphatic rings. The van der Waals surface area contributed by atoms with E-state index in [9.17, 15) is 4.79 Å². The van der Waals surface area contributed by atoms with Gasteiger partial charge in [-0.2, -0.15) is 0 Å². The standard InChI is InChI=1S/C19H22ClNO4/c1-13(19(22)23)21(2)11-15-6-9-17(18(10-15)24-3)25-12-14-4-7-16(20)8-5-14/h4-10,13H,11-12H2,1-3H3,(H,22,23). The van der Waals surface area contributed by atoms with Gasteiger partial charge in [-0.15, -0.1) is 0 Å². The monoisotopic (exact) mass is 363 g/mol. The van der Waals surface area contributed by atoms with Gasteiger partial charge in [0.25, 0.3) is 0 Å². The fourth-order valence-electron chi connectivity index (χ4n) is 2.28. The molecule has 1 N–H and O–H groups in total. The second-order valence-electron chi connectivity index (χ2n) is 5.83. The average molecular weight is 364 g/mol. The third-order valence-electron chi connectivity index (χ3n) is 3.99. The molecule has 0 bridgehead atoms. The number of carboxylic acid groups (broad SMARTS) is 1. The highest BCUT2D eigenvalue weighted by molar-refractivity contribution is 6.30. The van der Waals surface area contributed by atoms with E-state index in [2.05, 4.69) is 0 Å². The molecule has 2 aromatic carbocycles. The highest BCUT2D eigenvalue weighted by Gasteiger charge is 2.17. The van der Waals surface area contributed by atoms with Crippen LogP contribution in [0.4, 0.5) is 0 Å². The normalized spacial score (nSPS) is 12.0. The number of nitrogens with zero attached hydrogens (tertiary/aromatic N) is 1. The van der Waals surface area contributed by atoms with E-state index in [1.54, 1.807) is 26.0 Å². The summed E-state index contributed by atoms with van der Waals surface area (Å²) in [4.78, 5) is 12.8. The Morgan fingerprint density at radius 1 is 1.16 bits per heavy atom. The molecule has 0 spiro atoms. The Hall–Kier alpha value is -2.24. The molecule has 2 rings (SSSR count). The van der Waals surface area contributed by atoms with E-state index in [1.165, 1.54) is 0 Å². The Morgan fingerprint density at radius 2 is 1.80 bits per heavy atom. The van der Waals surface area contributed by atoms with Crippen LogP contribution >= 0.6 is 11.6 Å². The molecule has 6 heteroatoms. The van der Waals surface area contributed by atoms with E-state index in [1.807, 2.05) is 42.5 Å². The molecule has 0 aliphatic heterocycles. The van der Waals surface area contributed by atoms with Crippen LogP contribution in [0, 0.1) is 0 Å². The number of hydrogen-bond donors (Lipinski definition) is 1. The lowest BCUT2D eigenvalue weighted by atomic mass is 10.1. The third-order valence-corrected chi connectivity index (χ3v) is 4.24. The predicted octanol–water partition coefficient (Wildman–Crippen LogP) is 3.83. The molecular formula is C19H22ClNO4. The van der Waals surface area contributed by atoms with E-state index in [4.69, 9.17) is 26.2 Å². The summed E-state index contributed by atoms with van der Waals surface area (Å²) in [6, 6.07) is 12.5. The van der Waals surface area contributed by atoms with Gasteiger partial charge in [-0.25, -0.2) is 0 Å². The van der Waals surface area contributed by atoms with E-state index in [0.717, 1.165) is 11.1 Å². The molecule has 0 saturated carbocycles. The summed E-state index contributed by atoms with van der Waals surface area (Å²) in [5.41, 5.74) is 1.96. The minimum Gasteiger partial charge on any atom is -0.493 e. The van der Waals surface area contributed by atoms with Crippen LogP contribution in [0.1, 0.15) is 18.1 Å². The number of hydrogen-bond acceptors (Lipinski definition) is 4. The average Bonchev–Trinajstić information content (AvgIpc) is 2.60. The van der Waals surface area contributed by atoms with Crippen molar-refractivity contribution in [3.05, 3.63) is 58.6 Å². The smallest absolute Gasteiger partial charge is 0.320 e. The van der Waals surface area contributed by atoms with E-state index >= 15 is 0 Å². The maximum atomic E-state index is 11.1. The van der Waals surface area contributed by atoms with Crippen LogP contribution < -0.4 is 9.47 Å². The van der Waals surface area contributed by atoms with Crippen LogP contribution in [0.15, 0.2) is 42.5 Å². The Bertz CT molecular complexity index is 718. The van der Waals surface area contributed by atoms with Crippen molar-refractivity contribution in [1.29, 1.82) is 0 Å². The van der Waals surface area contributed by atoms with Gasteiger partial charge >= 0.3 is 5.97 Å². The molecule has 0 aromatic heterocycles. The van der Waals surface area contributed by atoms with Crippen molar-refractivity contribution in [1.82, 2.24) is 4.90 Å². The maximum absolute atomic E-state index is 11.1. The van der Waals surface area contributed by atoms with Crippen molar-refractivity contribution < 1.29 is 19.4 Å². The third kappa shape index (κ3) is 5.37. The van der Waals surface area contributed by atoms with Gasteiger partial charge in [0.15, 0.2) is 11.5 Å². The van der Waals surface area contributed by atoms with Gasteiger partial charge < -0.3 is 14.6 Å². The first kappa shape index (κ1) is 19.1. The molecule has 0 radical (unpaired) electrons. The van der Waals surface area contributed by atoms with Crippen molar-refractivity contribution in [2.45, 2.75) is 26.1 Å². The number of benzene rings is 2. The van der Waals surface area contributed by atoms with Crippen molar-refractivity contribution in [2.75, 3.05) is 14.2 Å². The predicted molar refractivity (Wildman–Crippen MR) is 97.3 cm³/mol. The molecule has 5 nitrogen and oxygen atoms in total. The Morgan fingerprint density at radius 3 is 2.40 bits per heavy atom. The Balaban J connectivity index is 2.05. The fraction of sp³-hybridized carbons (Fsp3) is 0.316. The lowest BCUT2D eigenvalue weighted by molar-refractivity contribution is -0.142. The highest BCUT2D eigenvalue weighted by atomic mass is 35.5. The number of methoxy groups -OCH3 is 1. The maximum Gasteiger partial charge on any atom is 0.320 e. The van der Waals surface area contributed by atoms with Crippen LogP contribution in [0.2, 0.25) is 5.02 Å². The zero-order chi connectivity index (χ0) is 18.4. The van der Waals surface area contributed by atoms with Gasteiger partial charge in [-0.3, -0.25) is 9.69 Å². The molecule has 0 fully saturated rings. The minimum atomic E-state index is -0.850. The summed E-state index contributed by atoms with van der Waals surface area (Å²) in [5, 5.41) is 9.76. The van der Waals surface area contributed by atoms with Crippen LogP contribution in [0.3, 0.4) is 0 Å². The summed E-state index contributed by atoms with van der Waals surface area (Å²) >= 11 is 5.88. The van der Waals surface area contributed by atoms with Gasteiger partial charge in [0.05, 0.1) is 7.11 Å². The summed E-state index contributed by atoms with van der Waals surface area (Å²) in [7, 11) is 3.36. The zero-order valence-electron chi connectivity index (χ0n) is 14.5. The SMILES string of the molecule is COc1cc(CN(C)C(C)C(=O)O)ccc1OCc1ccc(Cl)cc1. The lowest BCUT2D eigenvalue weighted by Crippen LogP contribution is -2.35. The number of carboxylic acids is 1. The zero-order valence-corrected chi connectivity index (χ0v) is 15.3. The van der Waals surface area contributed by atoms with Crippen LogP contribution in [0.5, 0.6) is 11.5 Å². The van der Waals surface area contributed by atoms with Crippen LogP contribution in [-0.4, -0.2) is 36.2 Å². The first-order chi connectivity index (χ1) is 11.9. The first-order valence-electron chi connectivity index (χ1n) is 7.88. The number of carbonyl (C=O) groups is 1. The number of likely N-dealkylation sites (N-methyl/N-ethyl adjacent to an activating group) is 1. The molecule has 134 valence electrons. The van der Waals surface area contributed by atoms with Gasteiger partial charge in [-0.1, -0.05) is 29.8 Å². The summed E-state index contributed by atoms with van der Waals surface area (Å²) in [6.07, 6.45) is 0. The Kier molecular flexibility index (Phi) is 6.67. The second kappa shape index (κ2) is 8.74. The Labute approximate surface area is 152 Å². The first-order valence-corrected chi connectivity index (χ1v) is 8.25. The van der Waals surface area contributed by atoms with Gasteiger partial charge in [0, 0.05) is 11.6 Å². The second-order valence-corrected chi connectivity index (χ2v) is 6.27. The topological polar surface area (TPSA) is 59.0 Å². The molecular weight excluding hydrogens is 342 g/mol. The van der Waals surface area contributed by atoms with Crippen LogP contribution in [-0.2, 0) is 17.9 Å².